The van der Waals surface area contributed by atoms with Gasteiger partial charge in [-0.05, 0) is 141 Å². The van der Waals surface area contributed by atoms with Crippen LogP contribution in [0.4, 0.5) is 0 Å². The molecule has 85 heavy (non-hydrogen) atoms. The Bertz CT molecular complexity index is 5850. The molecule has 0 saturated carbocycles. The van der Waals surface area contributed by atoms with Crippen LogP contribution >= 0.6 is 0 Å². The van der Waals surface area contributed by atoms with Gasteiger partial charge >= 0.3 is 0 Å². The molecule has 0 bridgehead atoms. The van der Waals surface area contributed by atoms with Gasteiger partial charge in [0, 0.05) is 60.2 Å². The lowest BCUT2D eigenvalue weighted by Gasteiger charge is -2.34. The molecule has 20 rings (SSSR count). The summed E-state index contributed by atoms with van der Waals surface area (Å²) >= 11 is 0. The number of para-hydroxylation sites is 4. The van der Waals surface area contributed by atoms with Crippen LogP contribution < -0.4 is 21.1 Å². The van der Waals surface area contributed by atoms with Crippen molar-refractivity contribution in [3.63, 3.8) is 0 Å². The first-order chi connectivity index (χ1) is 42.2. The first kappa shape index (κ1) is 45.4. The highest BCUT2D eigenvalue weighted by Gasteiger charge is 2.43. The van der Waals surface area contributed by atoms with Gasteiger partial charge in [0.1, 0.15) is 33.8 Å². The van der Waals surface area contributed by atoms with Gasteiger partial charge in [0.15, 0.2) is 0 Å². The van der Waals surface area contributed by atoms with Crippen LogP contribution in [0.15, 0.2) is 276 Å². The van der Waals surface area contributed by atoms with E-state index in [1.807, 2.05) is 0 Å². The standard InChI is InChI=1S/C78H44BN3O3/c1-3-17-45(18-4-1)47-31-36-71-61(39-47)79-62-44-60-59-43-50(81-65-29-15-11-25-55(65)56-26-12-16-30-66(56)81)33-38-70(59)85-78(60)74-73-67(82(76(62)74)68-40-48(41-72(83-71)75(68)79)52-22-8-7-21-51(52)46-19-5-2-6-20-46)35-34-57-58-42-49(32-37-69(58)84-77(57)73)80-63-27-13-9-23-53(63)54-24-10-14-28-64(54)80/h1-44H. The molecule has 392 valence electrons. The van der Waals surface area contributed by atoms with Gasteiger partial charge in [0.2, 0.25) is 0 Å². The maximum absolute atomic E-state index is 7.44. The summed E-state index contributed by atoms with van der Waals surface area (Å²) in [7, 11) is 0. The average molecular weight is 1080 g/mol. The number of fused-ring (bicyclic) bond motifs is 21. The van der Waals surface area contributed by atoms with Crippen LogP contribution in [0.2, 0.25) is 0 Å². The van der Waals surface area contributed by atoms with Gasteiger partial charge in [-0.15, -0.1) is 0 Å². The number of aromatic nitrogens is 3. The Balaban J connectivity index is 0.925. The van der Waals surface area contributed by atoms with E-state index < -0.39 is 0 Å². The Labute approximate surface area is 485 Å². The molecule has 0 atom stereocenters. The molecule has 0 unspecified atom stereocenters. The molecule has 6 nitrogen and oxygen atoms in total. The van der Waals surface area contributed by atoms with Crippen LogP contribution in [0.3, 0.4) is 0 Å². The number of hydrogen-bond acceptors (Lipinski definition) is 3. The molecule has 7 heterocycles. The molecular formula is C78H44BN3O3. The molecular weight excluding hydrogens is 1040 g/mol. The number of furan rings is 2. The quantitative estimate of drug-likeness (QED) is 0.161. The molecule has 2 aliphatic heterocycles. The van der Waals surface area contributed by atoms with Crippen molar-refractivity contribution in [2.24, 2.45) is 0 Å². The van der Waals surface area contributed by atoms with Crippen LogP contribution in [0.5, 0.6) is 11.5 Å². The Morgan fingerprint density at radius 3 is 1.44 bits per heavy atom. The van der Waals surface area contributed by atoms with Crippen molar-refractivity contribution in [1.82, 2.24) is 13.7 Å². The zero-order chi connectivity index (χ0) is 55.2. The molecule has 18 aromatic rings. The van der Waals surface area contributed by atoms with Gasteiger partial charge in [0.25, 0.3) is 6.71 Å². The van der Waals surface area contributed by atoms with Crippen LogP contribution in [0, 0.1) is 0 Å². The second-order valence-corrected chi connectivity index (χ2v) is 23.0. The molecule has 2 aliphatic rings. The Morgan fingerprint density at radius 1 is 0.294 bits per heavy atom. The van der Waals surface area contributed by atoms with E-state index in [-0.39, 0.29) is 6.71 Å². The number of nitrogens with zero attached hydrogens (tertiary/aromatic N) is 3. The molecule has 7 heteroatoms. The molecule has 0 saturated heterocycles. The minimum atomic E-state index is -0.218. The second kappa shape index (κ2) is 16.7. The van der Waals surface area contributed by atoms with E-state index in [1.165, 1.54) is 27.0 Å². The maximum atomic E-state index is 7.44. The summed E-state index contributed by atoms with van der Waals surface area (Å²) in [5, 5.41) is 11.1. The topological polar surface area (TPSA) is 50.3 Å². The monoisotopic (exact) mass is 1080 g/mol. The van der Waals surface area contributed by atoms with Gasteiger partial charge in [-0.2, -0.15) is 0 Å². The van der Waals surface area contributed by atoms with Crippen LogP contribution in [-0.4, -0.2) is 20.4 Å². The van der Waals surface area contributed by atoms with E-state index in [0.29, 0.717) is 0 Å². The molecule has 0 N–H and O–H groups in total. The number of benzene rings is 13. The molecule has 0 amide bonds. The summed E-state index contributed by atoms with van der Waals surface area (Å²) in [5.41, 5.74) is 23.5. The first-order valence-electron chi connectivity index (χ1n) is 29.2. The lowest BCUT2D eigenvalue weighted by atomic mass is 9.34. The molecule has 0 fully saturated rings. The smallest absolute Gasteiger partial charge is 0.256 e. The highest BCUT2D eigenvalue weighted by atomic mass is 16.5. The Hall–Kier alpha value is -11.3. The largest absolute Gasteiger partial charge is 0.458 e. The van der Waals surface area contributed by atoms with Crippen molar-refractivity contribution in [2.45, 2.75) is 0 Å². The Kier molecular flexibility index (Phi) is 8.90. The minimum absolute atomic E-state index is 0.218. The van der Waals surface area contributed by atoms with Gasteiger partial charge in [0.05, 0.1) is 43.9 Å². The SMILES string of the molecule is c1ccc(-c2ccc3c(c2)B2c4c(cc(-c5ccccc5-c5ccccc5)cc4-n4c5ccc6c7cc(-n8c9ccccc9c9ccccc98)ccc7oc6c5c5c6oc7ccc(-n8c9ccccc9c9ccccc98)cc7c6cc2c54)O3)cc1. The molecule has 0 spiro atoms. The summed E-state index contributed by atoms with van der Waals surface area (Å²) in [6.07, 6.45) is 0. The van der Waals surface area contributed by atoms with Gasteiger partial charge < -0.3 is 27.3 Å². The zero-order valence-electron chi connectivity index (χ0n) is 45.5. The molecule has 0 aliphatic carbocycles. The fourth-order valence-corrected chi connectivity index (χ4v) is 15.1. The van der Waals surface area contributed by atoms with E-state index in [4.69, 9.17) is 13.6 Å². The summed E-state index contributed by atoms with van der Waals surface area (Å²) in [5.74, 6) is 1.69. The van der Waals surface area contributed by atoms with Crippen LogP contribution in [0.25, 0.3) is 160 Å². The van der Waals surface area contributed by atoms with Crippen molar-refractivity contribution in [2.75, 3.05) is 0 Å². The summed E-state index contributed by atoms with van der Waals surface area (Å²) in [6.45, 7) is -0.218. The fourth-order valence-electron chi connectivity index (χ4n) is 15.1. The zero-order valence-corrected chi connectivity index (χ0v) is 45.5. The van der Waals surface area contributed by atoms with E-state index >= 15 is 0 Å². The minimum Gasteiger partial charge on any atom is -0.458 e. The van der Waals surface area contributed by atoms with Crippen molar-refractivity contribution < 1.29 is 13.6 Å². The van der Waals surface area contributed by atoms with E-state index in [9.17, 15) is 0 Å². The third-order valence-corrected chi connectivity index (χ3v) is 18.7. The van der Waals surface area contributed by atoms with E-state index in [0.717, 1.165) is 161 Å². The van der Waals surface area contributed by atoms with Crippen molar-refractivity contribution in [3.05, 3.63) is 267 Å². The maximum Gasteiger partial charge on any atom is 0.256 e. The van der Waals surface area contributed by atoms with Crippen molar-refractivity contribution in [1.29, 1.82) is 0 Å². The predicted molar refractivity (Wildman–Crippen MR) is 351 cm³/mol. The summed E-state index contributed by atoms with van der Waals surface area (Å²) in [4.78, 5) is 0. The highest BCUT2D eigenvalue weighted by Crippen LogP contribution is 2.49. The average Bonchev–Trinajstić information content (AvgIpc) is 1.67. The van der Waals surface area contributed by atoms with Crippen LogP contribution in [0.1, 0.15) is 0 Å². The third kappa shape index (κ3) is 6.12. The number of rotatable bonds is 5. The first-order valence-corrected chi connectivity index (χ1v) is 29.2. The van der Waals surface area contributed by atoms with E-state index in [1.54, 1.807) is 0 Å². The van der Waals surface area contributed by atoms with Crippen molar-refractivity contribution in [3.8, 4) is 61.9 Å². The third-order valence-electron chi connectivity index (χ3n) is 18.7. The van der Waals surface area contributed by atoms with Gasteiger partial charge in [-0.1, -0.05) is 176 Å². The second-order valence-electron chi connectivity index (χ2n) is 23.0. The fraction of sp³-hybridized carbons (Fsp3) is 0. The van der Waals surface area contributed by atoms with Crippen molar-refractivity contribution >= 4 is 132 Å². The van der Waals surface area contributed by atoms with Crippen LogP contribution in [-0.2, 0) is 0 Å². The van der Waals surface area contributed by atoms with Gasteiger partial charge in [-0.25, -0.2) is 0 Å². The number of hydrogen-bond donors (Lipinski definition) is 0. The summed E-state index contributed by atoms with van der Waals surface area (Å²) in [6, 6.07) is 96.9. The predicted octanol–water partition coefficient (Wildman–Crippen LogP) is 18.7. The normalized spacial score (nSPS) is 12.8. The van der Waals surface area contributed by atoms with E-state index in [2.05, 4.69) is 281 Å². The Morgan fingerprint density at radius 2 is 0.824 bits per heavy atom. The lowest BCUT2D eigenvalue weighted by Crippen LogP contribution is -2.58. The number of ether oxygens (including phenoxy) is 1. The molecule has 13 aromatic carbocycles. The summed E-state index contributed by atoms with van der Waals surface area (Å²) < 4.78 is 29.5. The van der Waals surface area contributed by atoms with Gasteiger partial charge in [-0.3, -0.25) is 0 Å². The highest BCUT2D eigenvalue weighted by molar-refractivity contribution is 6.99. The molecule has 5 aromatic heterocycles. The lowest BCUT2D eigenvalue weighted by molar-refractivity contribution is 0.487. The molecule has 0 radical (unpaired) electrons.